The highest BCUT2D eigenvalue weighted by Crippen LogP contribution is 2.39. The molecule has 144 valence electrons. The van der Waals surface area contributed by atoms with E-state index in [0.717, 1.165) is 6.07 Å². The van der Waals surface area contributed by atoms with E-state index in [1.807, 2.05) is 6.92 Å². The van der Waals surface area contributed by atoms with Crippen molar-refractivity contribution in [2.45, 2.75) is 38.5 Å². The summed E-state index contributed by atoms with van der Waals surface area (Å²) in [6, 6.07) is 5.60. The van der Waals surface area contributed by atoms with Crippen molar-refractivity contribution in [3.8, 4) is 5.75 Å². The Hall–Kier alpha value is -2.44. The predicted octanol–water partition coefficient (Wildman–Crippen LogP) is 6.31. The fraction of sp³-hybridized carbons (Fsp3) is 0.300. The number of hydrogen-bond donors (Lipinski definition) is 0. The molecule has 0 fully saturated rings. The zero-order valence-electron chi connectivity index (χ0n) is 14.3. The van der Waals surface area contributed by atoms with E-state index in [1.165, 1.54) is 6.07 Å². The molecule has 0 saturated carbocycles. The van der Waals surface area contributed by atoms with Crippen LogP contribution < -0.4 is 4.74 Å². The van der Waals surface area contributed by atoms with Crippen LogP contribution in [0.2, 0.25) is 0 Å². The first-order chi connectivity index (χ1) is 12.7. The minimum Gasteiger partial charge on any atom is -0.399 e. The van der Waals surface area contributed by atoms with Gasteiger partial charge in [-0.2, -0.15) is 0 Å². The van der Waals surface area contributed by atoms with Crippen molar-refractivity contribution in [3.05, 3.63) is 70.0 Å². The lowest BCUT2D eigenvalue weighted by Gasteiger charge is -2.27. The SMILES string of the molecule is C/C=C/c1ccc(C2CCc3c(cc(F)c(OC(F)(F)F)c3F)C2)c(F)c1. The summed E-state index contributed by atoms with van der Waals surface area (Å²) in [5, 5.41) is 0. The largest absolute Gasteiger partial charge is 0.573 e. The molecule has 0 aliphatic heterocycles. The first kappa shape index (κ1) is 19.3. The zero-order chi connectivity index (χ0) is 19.8. The third kappa shape index (κ3) is 4.12. The molecular formula is C20H16F6O. The first-order valence-corrected chi connectivity index (χ1v) is 8.37. The van der Waals surface area contributed by atoms with Gasteiger partial charge in [-0.05, 0) is 66.5 Å². The van der Waals surface area contributed by atoms with Gasteiger partial charge in [0.05, 0.1) is 0 Å². The number of allylic oxidation sites excluding steroid dienone is 1. The van der Waals surface area contributed by atoms with Crippen molar-refractivity contribution in [2.75, 3.05) is 0 Å². The highest BCUT2D eigenvalue weighted by atomic mass is 19.4. The van der Waals surface area contributed by atoms with Gasteiger partial charge in [0.15, 0.2) is 11.6 Å². The molecule has 27 heavy (non-hydrogen) atoms. The van der Waals surface area contributed by atoms with Crippen LogP contribution in [0.3, 0.4) is 0 Å². The van der Waals surface area contributed by atoms with Crippen molar-refractivity contribution in [2.24, 2.45) is 0 Å². The Balaban J connectivity index is 1.91. The molecule has 1 aliphatic rings. The van der Waals surface area contributed by atoms with E-state index in [4.69, 9.17) is 0 Å². The molecule has 2 aromatic carbocycles. The van der Waals surface area contributed by atoms with E-state index in [1.54, 1.807) is 24.3 Å². The number of benzene rings is 2. The maximum Gasteiger partial charge on any atom is 0.573 e. The van der Waals surface area contributed by atoms with Crippen LogP contribution >= 0.6 is 0 Å². The van der Waals surface area contributed by atoms with E-state index in [0.29, 0.717) is 17.5 Å². The predicted molar refractivity (Wildman–Crippen MR) is 88.9 cm³/mol. The molecule has 0 saturated heterocycles. The van der Waals surface area contributed by atoms with Crippen LogP contribution in [0.5, 0.6) is 5.75 Å². The third-order valence-electron chi connectivity index (χ3n) is 4.62. The molecule has 1 nitrogen and oxygen atoms in total. The summed E-state index contributed by atoms with van der Waals surface area (Å²) >= 11 is 0. The van der Waals surface area contributed by atoms with Gasteiger partial charge in [-0.25, -0.2) is 13.2 Å². The van der Waals surface area contributed by atoms with Crippen molar-refractivity contribution in [1.82, 2.24) is 0 Å². The minimum absolute atomic E-state index is 0.0159. The number of ether oxygens (including phenoxy) is 1. The smallest absolute Gasteiger partial charge is 0.399 e. The molecule has 1 unspecified atom stereocenters. The van der Waals surface area contributed by atoms with Gasteiger partial charge < -0.3 is 4.74 Å². The van der Waals surface area contributed by atoms with E-state index in [2.05, 4.69) is 4.74 Å². The van der Waals surface area contributed by atoms with Gasteiger partial charge in [-0.1, -0.05) is 24.3 Å². The summed E-state index contributed by atoms with van der Waals surface area (Å²) in [5.41, 5.74) is 1.33. The van der Waals surface area contributed by atoms with Gasteiger partial charge in [0, 0.05) is 0 Å². The Morgan fingerprint density at radius 3 is 2.44 bits per heavy atom. The first-order valence-electron chi connectivity index (χ1n) is 8.37. The van der Waals surface area contributed by atoms with Crippen molar-refractivity contribution >= 4 is 6.08 Å². The fourth-order valence-electron chi connectivity index (χ4n) is 3.47. The van der Waals surface area contributed by atoms with Gasteiger partial charge in [0.2, 0.25) is 5.75 Å². The van der Waals surface area contributed by atoms with Gasteiger partial charge in [-0.15, -0.1) is 13.2 Å². The number of hydrogen-bond acceptors (Lipinski definition) is 1. The van der Waals surface area contributed by atoms with Gasteiger partial charge in [0.1, 0.15) is 5.82 Å². The Morgan fingerprint density at radius 2 is 1.81 bits per heavy atom. The second kappa shape index (κ2) is 7.29. The molecule has 0 radical (unpaired) electrons. The normalized spacial score (nSPS) is 17.2. The highest BCUT2D eigenvalue weighted by molar-refractivity contribution is 5.50. The maximum absolute atomic E-state index is 14.4. The van der Waals surface area contributed by atoms with Gasteiger partial charge in [0.25, 0.3) is 0 Å². The molecule has 2 aromatic rings. The lowest BCUT2D eigenvalue weighted by Crippen LogP contribution is -2.21. The Labute approximate surface area is 152 Å². The summed E-state index contributed by atoms with van der Waals surface area (Å²) in [4.78, 5) is 0. The third-order valence-corrected chi connectivity index (χ3v) is 4.62. The summed E-state index contributed by atoms with van der Waals surface area (Å²) in [6.07, 6.45) is -1.13. The molecule has 3 rings (SSSR count). The summed E-state index contributed by atoms with van der Waals surface area (Å²) in [7, 11) is 0. The molecule has 0 aromatic heterocycles. The van der Waals surface area contributed by atoms with Crippen LogP contribution in [0, 0.1) is 17.5 Å². The van der Waals surface area contributed by atoms with Crippen LogP contribution in [0.15, 0.2) is 30.3 Å². The molecular weight excluding hydrogens is 370 g/mol. The molecule has 0 heterocycles. The van der Waals surface area contributed by atoms with Gasteiger partial charge >= 0.3 is 6.36 Å². The van der Waals surface area contributed by atoms with Crippen molar-refractivity contribution in [3.63, 3.8) is 0 Å². The second-order valence-electron chi connectivity index (χ2n) is 6.41. The number of rotatable bonds is 3. The molecule has 1 aliphatic carbocycles. The quantitative estimate of drug-likeness (QED) is 0.562. The van der Waals surface area contributed by atoms with Crippen molar-refractivity contribution < 1.29 is 31.1 Å². The molecule has 0 spiro atoms. The average molecular weight is 386 g/mol. The van der Waals surface area contributed by atoms with Crippen LogP contribution in [0.4, 0.5) is 26.3 Å². The number of fused-ring (bicyclic) bond motifs is 1. The zero-order valence-corrected chi connectivity index (χ0v) is 14.3. The monoisotopic (exact) mass is 386 g/mol. The highest BCUT2D eigenvalue weighted by Gasteiger charge is 2.36. The van der Waals surface area contributed by atoms with Crippen LogP contribution in [-0.2, 0) is 12.8 Å². The average Bonchev–Trinajstić information content (AvgIpc) is 2.58. The van der Waals surface area contributed by atoms with Crippen LogP contribution in [0.25, 0.3) is 6.08 Å². The van der Waals surface area contributed by atoms with E-state index < -0.39 is 29.6 Å². The van der Waals surface area contributed by atoms with E-state index in [-0.39, 0.29) is 29.9 Å². The summed E-state index contributed by atoms with van der Waals surface area (Å²) < 4.78 is 83.2. The lowest BCUT2D eigenvalue weighted by molar-refractivity contribution is -0.276. The lowest BCUT2D eigenvalue weighted by atomic mass is 9.79. The molecule has 1 atom stereocenters. The molecule has 0 amide bonds. The number of alkyl halides is 3. The van der Waals surface area contributed by atoms with Crippen LogP contribution in [0.1, 0.15) is 41.5 Å². The number of halogens is 6. The fourth-order valence-corrected chi connectivity index (χ4v) is 3.47. The Kier molecular flexibility index (Phi) is 5.22. The molecule has 0 bridgehead atoms. The van der Waals surface area contributed by atoms with Crippen molar-refractivity contribution in [1.29, 1.82) is 0 Å². The maximum atomic E-state index is 14.4. The van der Waals surface area contributed by atoms with E-state index in [9.17, 15) is 26.3 Å². The summed E-state index contributed by atoms with van der Waals surface area (Å²) in [5.74, 6) is -4.94. The molecule has 0 N–H and O–H groups in total. The summed E-state index contributed by atoms with van der Waals surface area (Å²) in [6.45, 7) is 1.81. The van der Waals surface area contributed by atoms with Crippen LogP contribution in [-0.4, -0.2) is 6.36 Å². The Morgan fingerprint density at radius 1 is 1.07 bits per heavy atom. The topological polar surface area (TPSA) is 9.23 Å². The second-order valence-corrected chi connectivity index (χ2v) is 6.41. The molecule has 7 heteroatoms. The Bertz CT molecular complexity index is 885. The minimum atomic E-state index is -5.19. The standard InChI is InChI=1S/C20H16F6O/c1-2-3-11-4-6-14(16(21)8-11)12-5-7-15-13(9-12)10-17(22)19(18(15)23)27-20(24,25)26/h2-4,6,8,10,12H,5,7,9H2,1H3/b3-2+. The van der Waals surface area contributed by atoms with E-state index >= 15 is 0 Å². The van der Waals surface area contributed by atoms with Gasteiger partial charge in [-0.3, -0.25) is 0 Å².